The zero-order valence-corrected chi connectivity index (χ0v) is 14.5. The van der Waals surface area contributed by atoms with E-state index in [0.29, 0.717) is 10.8 Å². The number of carbonyl (C=O) groups excluding carboxylic acids is 1. The van der Waals surface area contributed by atoms with Gasteiger partial charge >= 0.3 is 0 Å². The minimum absolute atomic E-state index is 0.0772. The molecule has 1 atom stereocenters. The average Bonchev–Trinajstić information content (AvgIpc) is 2.98. The van der Waals surface area contributed by atoms with Gasteiger partial charge in [-0.1, -0.05) is 23.7 Å². The van der Waals surface area contributed by atoms with Crippen molar-refractivity contribution in [2.75, 3.05) is 13.7 Å². The van der Waals surface area contributed by atoms with Crippen LogP contribution in [-0.4, -0.2) is 32.3 Å². The lowest BCUT2D eigenvalue weighted by atomic mass is 9.99. The summed E-state index contributed by atoms with van der Waals surface area (Å²) in [6.45, 7) is 0.134. The molecule has 1 aliphatic heterocycles. The number of nitrogens with zero attached hydrogens (tertiary/aromatic N) is 1. The van der Waals surface area contributed by atoms with E-state index in [1.54, 1.807) is 24.3 Å². The first kappa shape index (κ1) is 16.8. The fourth-order valence-corrected chi connectivity index (χ4v) is 4.32. The van der Waals surface area contributed by atoms with Crippen molar-refractivity contribution in [2.45, 2.75) is 17.2 Å². The molecule has 7 heteroatoms. The van der Waals surface area contributed by atoms with E-state index >= 15 is 0 Å². The molecule has 0 radical (unpaired) electrons. The van der Waals surface area contributed by atoms with Crippen molar-refractivity contribution in [3.05, 3.63) is 59.1 Å². The van der Waals surface area contributed by atoms with Crippen LogP contribution in [0.4, 0.5) is 0 Å². The number of amides is 1. The van der Waals surface area contributed by atoms with Crippen LogP contribution in [0.15, 0.2) is 53.4 Å². The van der Waals surface area contributed by atoms with Crippen LogP contribution < -0.4 is 4.74 Å². The molecular weight excluding hydrogens is 350 g/mol. The molecule has 0 bridgehead atoms. The van der Waals surface area contributed by atoms with E-state index in [2.05, 4.69) is 0 Å². The van der Waals surface area contributed by atoms with Crippen LogP contribution in [0.1, 0.15) is 17.9 Å². The topological polar surface area (TPSA) is 63.7 Å². The third-order valence-electron chi connectivity index (χ3n) is 4.07. The number of sulfonamides is 1. The Hall–Kier alpha value is -2.05. The summed E-state index contributed by atoms with van der Waals surface area (Å²) in [6, 6.07) is 13.1. The van der Waals surface area contributed by atoms with Gasteiger partial charge in [0.2, 0.25) is 5.91 Å². The summed E-state index contributed by atoms with van der Waals surface area (Å²) >= 11 is 5.87. The Morgan fingerprint density at radius 1 is 1.08 bits per heavy atom. The van der Waals surface area contributed by atoms with Crippen molar-refractivity contribution in [2.24, 2.45) is 0 Å². The van der Waals surface area contributed by atoms with E-state index in [-0.39, 0.29) is 23.8 Å². The minimum Gasteiger partial charge on any atom is -0.497 e. The summed E-state index contributed by atoms with van der Waals surface area (Å²) in [6.07, 6.45) is 0.164. The molecule has 0 aliphatic carbocycles. The summed E-state index contributed by atoms with van der Waals surface area (Å²) in [7, 11) is -2.36. The fourth-order valence-electron chi connectivity index (χ4n) is 2.74. The Morgan fingerprint density at radius 3 is 2.29 bits per heavy atom. The van der Waals surface area contributed by atoms with Crippen LogP contribution in [0.25, 0.3) is 0 Å². The molecule has 24 heavy (non-hydrogen) atoms. The Bertz CT molecular complexity index is 847. The molecule has 1 heterocycles. The summed E-state index contributed by atoms with van der Waals surface area (Å²) in [5.41, 5.74) is 0.903. The first-order chi connectivity index (χ1) is 11.4. The predicted molar refractivity (Wildman–Crippen MR) is 90.7 cm³/mol. The molecule has 2 aromatic rings. The number of hydrogen-bond donors (Lipinski definition) is 0. The molecule has 126 valence electrons. The highest BCUT2D eigenvalue weighted by molar-refractivity contribution is 7.89. The third-order valence-corrected chi connectivity index (χ3v) is 6.13. The standard InChI is InChI=1S/C17H16ClNO4S/c1-23-15-6-8-16(9-7-15)24(21,22)19-11-13(10-17(19)20)12-2-4-14(18)5-3-12/h2-9,13H,10-11H2,1H3. The van der Waals surface area contributed by atoms with E-state index < -0.39 is 15.9 Å². The number of methoxy groups -OCH3 is 1. The SMILES string of the molecule is COc1ccc(S(=O)(=O)N2CC(c3ccc(Cl)cc3)CC2=O)cc1. The molecule has 1 aliphatic rings. The second-order valence-electron chi connectivity index (χ2n) is 5.56. The van der Waals surface area contributed by atoms with Gasteiger partial charge in [-0.25, -0.2) is 12.7 Å². The van der Waals surface area contributed by atoms with Gasteiger partial charge in [0.15, 0.2) is 0 Å². The lowest BCUT2D eigenvalue weighted by molar-refractivity contribution is -0.123. The molecule has 1 fully saturated rings. The van der Waals surface area contributed by atoms with Crippen molar-refractivity contribution in [1.29, 1.82) is 0 Å². The zero-order chi connectivity index (χ0) is 17.3. The minimum atomic E-state index is -3.86. The molecule has 0 spiro atoms. The summed E-state index contributed by atoms with van der Waals surface area (Å²) in [4.78, 5) is 12.3. The number of benzene rings is 2. The van der Waals surface area contributed by atoms with Gasteiger partial charge in [-0.2, -0.15) is 0 Å². The predicted octanol–water partition coefficient (Wildman–Crippen LogP) is 3.05. The van der Waals surface area contributed by atoms with Crippen LogP contribution in [0.2, 0.25) is 5.02 Å². The summed E-state index contributed by atoms with van der Waals surface area (Å²) < 4.78 is 31.4. The van der Waals surface area contributed by atoms with Gasteiger partial charge in [0.1, 0.15) is 5.75 Å². The maximum absolute atomic E-state index is 12.7. The molecule has 2 aromatic carbocycles. The van der Waals surface area contributed by atoms with E-state index in [1.165, 1.54) is 19.2 Å². The van der Waals surface area contributed by atoms with E-state index in [1.807, 2.05) is 12.1 Å². The van der Waals surface area contributed by atoms with Crippen molar-refractivity contribution >= 4 is 27.5 Å². The largest absolute Gasteiger partial charge is 0.497 e. The highest BCUT2D eigenvalue weighted by Crippen LogP contribution is 2.32. The second-order valence-corrected chi connectivity index (χ2v) is 7.86. The van der Waals surface area contributed by atoms with Gasteiger partial charge in [-0.05, 0) is 42.0 Å². The van der Waals surface area contributed by atoms with Gasteiger partial charge in [0, 0.05) is 23.9 Å². The monoisotopic (exact) mass is 365 g/mol. The molecule has 0 saturated carbocycles. The first-order valence-electron chi connectivity index (χ1n) is 7.37. The molecule has 1 unspecified atom stereocenters. The average molecular weight is 366 g/mol. The lowest BCUT2D eigenvalue weighted by Crippen LogP contribution is -2.32. The molecule has 1 saturated heterocycles. The number of rotatable bonds is 4. The van der Waals surface area contributed by atoms with Crippen LogP contribution in [0.3, 0.4) is 0 Å². The van der Waals surface area contributed by atoms with E-state index in [0.717, 1.165) is 9.87 Å². The summed E-state index contributed by atoms with van der Waals surface area (Å²) in [5.74, 6) is -0.00528. The maximum atomic E-state index is 12.7. The molecule has 5 nitrogen and oxygen atoms in total. The second kappa shape index (κ2) is 6.45. The number of ether oxygens (including phenoxy) is 1. The number of carbonyl (C=O) groups is 1. The number of halogens is 1. The van der Waals surface area contributed by atoms with Gasteiger partial charge in [0.05, 0.1) is 12.0 Å². The normalized spacial score (nSPS) is 18.0. The smallest absolute Gasteiger partial charge is 0.266 e. The van der Waals surface area contributed by atoms with Crippen LogP contribution in [0.5, 0.6) is 5.75 Å². The van der Waals surface area contributed by atoms with Crippen LogP contribution >= 0.6 is 11.6 Å². The third kappa shape index (κ3) is 3.12. The number of hydrogen-bond acceptors (Lipinski definition) is 4. The van der Waals surface area contributed by atoms with Crippen molar-refractivity contribution < 1.29 is 17.9 Å². The van der Waals surface area contributed by atoms with E-state index in [4.69, 9.17) is 16.3 Å². The Balaban J connectivity index is 1.85. The lowest BCUT2D eigenvalue weighted by Gasteiger charge is -2.17. The van der Waals surface area contributed by atoms with Crippen LogP contribution in [0, 0.1) is 0 Å². The summed E-state index contributed by atoms with van der Waals surface area (Å²) in [5, 5.41) is 0.603. The highest BCUT2D eigenvalue weighted by Gasteiger charge is 2.38. The van der Waals surface area contributed by atoms with Gasteiger partial charge in [-0.15, -0.1) is 0 Å². The first-order valence-corrected chi connectivity index (χ1v) is 9.18. The fraction of sp³-hybridized carbons (Fsp3) is 0.235. The maximum Gasteiger partial charge on any atom is 0.266 e. The Labute approximate surface area is 145 Å². The Kier molecular flexibility index (Phi) is 4.51. The van der Waals surface area contributed by atoms with E-state index in [9.17, 15) is 13.2 Å². The van der Waals surface area contributed by atoms with Crippen LogP contribution in [-0.2, 0) is 14.8 Å². The quantitative estimate of drug-likeness (QED) is 0.835. The molecule has 3 rings (SSSR count). The molecule has 0 aromatic heterocycles. The van der Waals surface area contributed by atoms with Gasteiger partial charge < -0.3 is 4.74 Å². The molecular formula is C17H16ClNO4S. The zero-order valence-electron chi connectivity index (χ0n) is 13.0. The Morgan fingerprint density at radius 2 is 1.71 bits per heavy atom. The van der Waals surface area contributed by atoms with Gasteiger partial charge in [-0.3, -0.25) is 4.79 Å². The van der Waals surface area contributed by atoms with Crippen molar-refractivity contribution in [3.8, 4) is 5.75 Å². The molecule has 1 amide bonds. The molecule has 0 N–H and O–H groups in total. The van der Waals surface area contributed by atoms with Crippen molar-refractivity contribution in [3.63, 3.8) is 0 Å². The highest BCUT2D eigenvalue weighted by atomic mass is 35.5. The van der Waals surface area contributed by atoms with Crippen molar-refractivity contribution in [1.82, 2.24) is 4.31 Å². The van der Waals surface area contributed by atoms with Gasteiger partial charge in [0.25, 0.3) is 10.0 Å².